The number of hydrogen-bond acceptors (Lipinski definition) is 4. The molecule has 1 aliphatic rings. The Morgan fingerprint density at radius 3 is 2.29 bits per heavy atom. The van der Waals surface area contributed by atoms with E-state index in [0.29, 0.717) is 5.56 Å². The molecule has 0 spiro atoms. The summed E-state index contributed by atoms with van der Waals surface area (Å²) in [5.41, 5.74) is 0.671. The smallest absolute Gasteiger partial charge is 0.335 e. The van der Waals surface area contributed by atoms with Gasteiger partial charge in [0.1, 0.15) is 0 Å². The SMILES string of the molecule is O=C(O)c1ccc(CS(=O)(=O)N(CCO)C2CCC2)cc1. The average molecular weight is 313 g/mol. The lowest BCUT2D eigenvalue weighted by atomic mass is 9.93. The monoisotopic (exact) mass is 313 g/mol. The lowest BCUT2D eigenvalue weighted by molar-refractivity contribution is 0.0697. The van der Waals surface area contributed by atoms with Crippen LogP contribution in [-0.4, -0.2) is 48.1 Å². The molecule has 0 aromatic heterocycles. The van der Waals surface area contributed by atoms with Gasteiger partial charge in [-0.2, -0.15) is 4.31 Å². The maximum atomic E-state index is 12.4. The van der Waals surface area contributed by atoms with E-state index in [2.05, 4.69) is 0 Å². The number of aliphatic hydroxyl groups is 1. The fourth-order valence-corrected chi connectivity index (χ4v) is 4.16. The molecule has 1 saturated carbocycles. The maximum Gasteiger partial charge on any atom is 0.335 e. The highest BCUT2D eigenvalue weighted by Crippen LogP contribution is 2.28. The zero-order chi connectivity index (χ0) is 15.5. The standard InChI is InChI=1S/C14H19NO5S/c16-9-8-15(13-2-1-3-13)21(19,20)10-11-4-6-12(7-5-11)14(17)18/h4-7,13,16H,1-3,8-10H2,(H,17,18). The van der Waals surface area contributed by atoms with Crippen LogP contribution in [0, 0.1) is 0 Å². The molecule has 1 fully saturated rings. The van der Waals surface area contributed by atoms with Crippen LogP contribution in [0.5, 0.6) is 0 Å². The molecule has 116 valence electrons. The van der Waals surface area contributed by atoms with Crippen LogP contribution in [0.25, 0.3) is 0 Å². The summed E-state index contributed by atoms with van der Waals surface area (Å²) in [6.07, 6.45) is 2.67. The highest BCUT2D eigenvalue weighted by Gasteiger charge is 2.33. The fourth-order valence-electron chi connectivity index (χ4n) is 2.36. The van der Waals surface area contributed by atoms with Crippen molar-refractivity contribution >= 4 is 16.0 Å². The van der Waals surface area contributed by atoms with Gasteiger partial charge in [0.15, 0.2) is 0 Å². The van der Waals surface area contributed by atoms with Crippen molar-refractivity contribution in [2.75, 3.05) is 13.2 Å². The molecule has 0 heterocycles. The van der Waals surface area contributed by atoms with E-state index in [-0.39, 0.29) is 30.5 Å². The van der Waals surface area contributed by atoms with Gasteiger partial charge in [0.25, 0.3) is 0 Å². The molecule has 0 radical (unpaired) electrons. The third kappa shape index (κ3) is 3.81. The van der Waals surface area contributed by atoms with Crippen LogP contribution in [0.2, 0.25) is 0 Å². The minimum Gasteiger partial charge on any atom is -0.478 e. The molecule has 1 aromatic rings. The number of aromatic carboxylic acids is 1. The van der Waals surface area contributed by atoms with Crippen molar-refractivity contribution in [3.8, 4) is 0 Å². The van der Waals surface area contributed by atoms with Crippen molar-refractivity contribution in [2.45, 2.75) is 31.1 Å². The molecule has 0 atom stereocenters. The van der Waals surface area contributed by atoms with E-state index >= 15 is 0 Å². The summed E-state index contributed by atoms with van der Waals surface area (Å²) in [5.74, 6) is -1.22. The van der Waals surface area contributed by atoms with Gasteiger partial charge in [-0.05, 0) is 30.5 Å². The van der Waals surface area contributed by atoms with Crippen LogP contribution < -0.4 is 0 Å². The van der Waals surface area contributed by atoms with E-state index in [4.69, 9.17) is 10.2 Å². The van der Waals surface area contributed by atoms with Gasteiger partial charge >= 0.3 is 5.97 Å². The van der Waals surface area contributed by atoms with E-state index < -0.39 is 16.0 Å². The molecule has 1 aliphatic carbocycles. The maximum absolute atomic E-state index is 12.4. The van der Waals surface area contributed by atoms with Gasteiger partial charge in [-0.1, -0.05) is 18.6 Å². The van der Waals surface area contributed by atoms with Crippen molar-refractivity contribution in [1.82, 2.24) is 4.31 Å². The van der Waals surface area contributed by atoms with Gasteiger partial charge in [0.05, 0.1) is 17.9 Å². The van der Waals surface area contributed by atoms with Crippen molar-refractivity contribution in [2.24, 2.45) is 0 Å². The zero-order valence-electron chi connectivity index (χ0n) is 11.6. The summed E-state index contributed by atoms with van der Waals surface area (Å²) in [5, 5.41) is 17.9. The van der Waals surface area contributed by atoms with Crippen LogP contribution >= 0.6 is 0 Å². The first-order chi connectivity index (χ1) is 9.94. The minimum atomic E-state index is -3.50. The van der Waals surface area contributed by atoms with Crippen LogP contribution in [0.1, 0.15) is 35.2 Å². The summed E-state index contributed by atoms with van der Waals surface area (Å²) in [6.45, 7) is -0.0894. The molecule has 1 aromatic carbocycles. The summed E-state index contributed by atoms with van der Waals surface area (Å²) >= 11 is 0. The Morgan fingerprint density at radius 1 is 1.24 bits per heavy atom. The van der Waals surface area contributed by atoms with E-state index in [1.807, 2.05) is 0 Å². The number of sulfonamides is 1. The summed E-state index contributed by atoms with van der Waals surface area (Å²) < 4.78 is 26.3. The molecule has 2 N–H and O–H groups in total. The first-order valence-corrected chi connectivity index (χ1v) is 8.47. The number of nitrogens with zero attached hydrogens (tertiary/aromatic N) is 1. The third-order valence-electron chi connectivity index (χ3n) is 3.71. The van der Waals surface area contributed by atoms with E-state index in [9.17, 15) is 13.2 Å². The van der Waals surface area contributed by atoms with Gasteiger partial charge in [-0.3, -0.25) is 0 Å². The van der Waals surface area contributed by atoms with Gasteiger partial charge < -0.3 is 10.2 Å². The second kappa shape index (κ2) is 6.55. The van der Waals surface area contributed by atoms with Crippen LogP contribution in [0.15, 0.2) is 24.3 Å². The highest BCUT2D eigenvalue weighted by atomic mass is 32.2. The molecule has 7 heteroatoms. The number of hydrogen-bond donors (Lipinski definition) is 2. The Labute approximate surface area is 124 Å². The first-order valence-electron chi connectivity index (χ1n) is 6.86. The Bertz CT molecular complexity index is 592. The fraction of sp³-hybridized carbons (Fsp3) is 0.500. The largest absolute Gasteiger partial charge is 0.478 e. The molecule has 0 saturated heterocycles. The zero-order valence-corrected chi connectivity index (χ0v) is 12.4. The molecular weight excluding hydrogens is 294 g/mol. The molecule has 0 unspecified atom stereocenters. The minimum absolute atomic E-state index is 0.0135. The van der Waals surface area contributed by atoms with Crippen LogP contribution in [-0.2, 0) is 15.8 Å². The number of benzene rings is 1. The Hall–Kier alpha value is -1.44. The molecule has 6 nitrogen and oxygen atoms in total. The van der Waals surface area contributed by atoms with Gasteiger partial charge in [0, 0.05) is 12.6 Å². The Morgan fingerprint density at radius 2 is 1.86 bits per heavy atom. The van der Waals surface area contributed by atoms with Gasteiger partial charge in [-0.15, -0.1) is 0 Å². The normalized spacial score (nSPS) is 15.9. The molecule has 0 bridgehead atoms. The van der Waals surface area contributed by atoms with Crippen molar-refractivity contribution < 1.29 is 23.4 Å². The van der Waals surface area contributed by atoms with Crippen molar-refractivity contribution in [3.63, 3.8) is 0 Å². The second-order valence-corrected chi connectivity index (χ2v) is 7.10. The molecule has 21 heavy (non-hydrogen) atoms. The molecule has 0 amide bonds. The number of aliphatic hydroxyl groups excluding tert-OH is 1. The van der Waals surface area contributed by atoms with Crippen LogP contribution in [0.3, 0.4) is 0 Å². The summed E-state index contributed by atoms with van der Waals surface area (Å²) in [6, 6.07) is 5.80. The van der Waals surface area contributed by atoms with Crippen molar-refractivity contribution in [1.29, 1.82) is 0 Å². The summed E-state index contributed by atoms with van der Waals surface area (Å²) in [4.78, 5) is 10.8. The topological polar surface area (TPSA) is 94.9 Å². The lowest BCUT2D eigenvalue weighted by Gasteiger charge is -2.36. The number of rotatable bonds is 7. The highest BCUT2D eigenvalue weighted by molar-refractivity contribution is 7.88. The van der Waals surface area contributed by atoms with E-state index in [1.165, 1.54) is 28.6 Å². The third-order valence-corrected chi connectivity index (χ3v) is 5.60. The average Bonchev–Trinajstić information content (AvgIpc) is 2.36. The van der Waals surface area contributed by atoms with Crippen molar-refractivity contribution in [3.05, 3.63) is 35.4 Å². The molecule has 2 rings (SSSR count). The predicted molar refractivity (Wildman–Crippen MR) is 77.5 cm³/mol. The van der Waals surface area contributed by atoms with Gasteiger partial charge in [0.2, 0.25) is 10.0 Å². The van der Waals surface area contributed by atoms with Gasteiger partial charge in [-0.25, -0.2) is 13.2 Å². The Kier molecular flexibility index (Phi) is 4.97. The quantitative estimate of drug-likeness (QED) is 0.785. The first kappa shape index (κ1) is 15.9. The lowest BCUT2D eigenvalue weighted by Crippen LogP contribution is -2.46. The number of carbonyl (C=O) groups is 1. The van der Waals surface area contributed by atoms with E-state index in [1.54, 1.807) is 0 Å². The Balaban J connectivity index is 2.12. The number of carboxylic acids is 1. The second-order valence-electron chi connectivity index (χ2n) is 5.18. The van der Waals surface area contributed by atoms with E-state index in [0.717, 1.165) is 19.3 Å². The molecule has 0 aliphatic heterocycles. The summed E-state index contributed by atoms with van der Waals surface area (Å²) in [7, 11) is -3.50. The predicted octanol–water partition coefficient (Wildman–Crippen LogP) is 1.06. The van der Waals surface area contributed by atoms with Crippen LogP contribution in [0.4, 0.5) is 0 Å². The number of carboxylic acid groups (broad SMARTS) is 1. The molecular formula is C14H19NO5S.